The van der Waals surface area contributed by atoms with Gasteiger partial charge in [0.15, 0.2) is 0 Å². The molecule has 34 heavy (non-hydrogen) atoms. The highest BCUT2D eigenvalue weighted by Gasteiger charge is 2.29. The minimum atomic E-state index is -3.57. The van der Waals surface area contributed by atoms with Crippen LogP contribution in [0.25, 0.3) is 0 Å². The standard InChI is InChI=1S/C23H26N4O5S2/c1-2-32-23(29)26-13-10-18-19(14-24)22(33-20(18)15-26)25-21(28)16-6-8-17(9-7-16)34(30,31)27-11-4-3-5-12-27/h6-9H,2-5,10-13,15H2,1H3,(H,25,28). The Labute approximate surface area is 203 Å². The van der Waals surface area contributed by atoms with Crippen molar-refractivity contribution in [3.63, 3.8) is 0 Å². The van der Waals surface area contributed by atoms with E-state index in [1.54, 1.807) is 11.8 Å². The lowest BCUT2D eigenvalue weighted by Gasteiger charge is -2.25. The number of rotatable bonds is 5. The van der Waals surface area contributed by atoms with Crippen molar-refractivity contribution in [3.8, 4) is 6.07 Å². The second kappa shape index (κ2) is 10.1. The van der Waals surface area contributed by atoms with E-state index in [2.05, 4.69) is 11.4 Å². The van der Waals surface area contributed by atoms with Crippen LogP contribution in [0.2, 0.25) is 0 Å². The molecule has 1 aromatic carbocycles. The highest BCUT2D eigenvalue weighted by molar-refractivity contribution is 7.89. The summed E-state index contributed by atoms with van der Waals surface area (Å²) in [6, 6.07) is 8.02. The van der Waals surface area contributed by atoms with Gasteiger partial charge in [0.2, 0.25) is 10.0 Å². The first-order valence-corrected chi connectivity index (χ1v) is 13.5. The number of hydrogen-bond acceptors (Lipinski definition) is 7. The number of carbonyl (C=O) groups is 2. The van der Waals surface area contributed by atoms with E-state index in [0.717, 1.165) is 29.7 Å². The van der Waals surface area contributed by atoms with Crippen molar-refractivity contribution in [1.29, 1.82) is 5.26 Å². The van der Waals surface area contributed by atoms with Gasteiger partial charge in [-0.1, -0.05) is 6.42 Å². The lowest BCUT2D eigenvalue weighted by Crippen LogP contribution is -2.35. The van der Waals surface area contributed by atoms with Crippen LogP contribution in [0.5, 0.6) is 0 Å². The van der Waals surface area contributed by atoms with Crippen molar-refractivity contribution in [3.05, 3.63) is 45.8 Å². The second-order valence-corrected chi connectivity index (χ2v) is 11.2. The first-order valence-electron chi connectivity index (χ1n) is 11.2. The Morgan fingerprint density at radius 2 is 1.85 bits per heavy atom. The van der Waals surface area contributed by atoms with Crippen molar-refractivity contribution < 1.29 is 22.7 Å². The third-order valence-corrected chi connectivity index (χ3v) is 9.04. The molecule has 1 aromatic heterocycles. The molecule has 4 rings (SSSR count). The molecule has 2 aromatic rings. The Hall–Kier alpha value is -2.94. The van der Waals surface area contributed by atoms with E-state index in [1.165, 1.54) is 39.9 Å². The maximum absolute atomic E-state index is 12.9. The number of anilines is 1. The zero-order valence-corrected chi connectivity index (χ0v) is 20.5. The fourth-order valence-corrected chi connectivity index (χ4v) is 6.91. The van der Waals surface area contributed by atoms with Crippen LogP contribution < -0.4 is 5.32 Å². The number of carbonyl (C=O) groups excluding carboxylic acids is 2. The van der Waals surface area contributed by atoms with Crippen LogP contribution in [0.4, 0.5) is 9.80 Å². The van der Waals surface area contributed by atoms with Crippen molar-refractivity contribution in [2.75, 3.05) is 31.6 Å². The first-order chi connectivity index (χ1) is 16.3. The highest BCUT2D eigenvalue weighted by Crippen LogP contribution is 2.37. The Morgan fingerprint density at radius 1 is 1.15 bits per heavy atom. The topological polar surface area (TPSA) is 120 Å². The smallest absolute Gasteiger partial charge is 0.410 e. The third-order valence-electron chi connectivity index (χ3n) is 5.99. The minimum Gasteiger partial charge on any atom is -0.450 e. The number of benzene rings is 1. The van der Waals surface area contributed by atoms with Gasteiger partial charge in [0.1, 0.15) is 11.1 Å². The van der Waals surface area contributed by atoms with E-state index < -0.39 is 22.0 Å². The van der Waals surface area contributed by atoms with Crippen molar-refractivity contribution in [1.82, 2.24) is 9.21 Å². The Morgan fingerprint density at radius 3 is 2.50 bits per heavy atom. The molecule has 0 atom stereocenters. The lowest BCUT2D eigenvalue weighted by molar-refractivity contribution is 0.102. The van der Waals surface area contributed by atoms with Crippen LogP contribution >= 0.6 is 11.3 Å². The fraction of sp³-hybridized carbons (Fsp3) is 0.435. The summed E-state index contributed by atoms with van der Waals surface area (Å²) in [4.78, 5) is 27.5. The summed E-state index contributed by atoms with van der Waals surface area (Å²) in [6.07, 6.45) is 2.84. The average Bonchev–Trinajstić information content (AvgIpc) is 3.20. The number of nitriles is 1. The molecule has 0 aliphatic carbocycles. The van der Waals surface area contributed by atoms with Gasteiger partial charge in [0.05, 0.1) is 23.6 Å². The molecule has 0 saturated carbocycles. The quantitative estimate of drug-likeness (QED) is 0.668. The zero-order valence-electron chi connectivity index (χ0n) is 18.9. The highest BCUT2D eigenvalue weighted by atomic mass is 32.2. The largest absolute Gasteiger partial charge is 0.450 e. The van der Waals surface area contributed by atoms with Gasteiger partial charge in [-0.15, -0.1) is 11.3 Å². The molecule has 0 bridgehead atoms. The minimum absolute atomic E-state index is 0.161. The molecule has 1 N–H and O–H groups in total. The van der Waals surface area contributed by atoms with Gasteiger partial charge in [0, 0.05) is 30.1 Å². The van der Waals surface area contributed by atoms with Gasteiger partial charge in [0.25, 0.3) is 5.91 Å². The number of amides is 2. The summed E-state index contributed by atoms with van der Waals surface area (Å²) in [7, 11) is -3.57. The molecule has 0 unspecified atom stereocenters. The van der Waals surface area contributed by atoms with Crippen LogP contribution in [-0.4, -0.2) is 55.9 Å². The number of fused-ring (bicyclic) bond motifs is 1. The number of nitrogens with zero attached hydrogens (tertiary/aromatic N) is 3. The molecular formula is C23H26N4O5S2. The van der Waals surface area contributed by atoms with Crippen LogP contribution in [0, 0.1) is 11.3 Å². The van der Waals surface area contributed by atoms with Crippen molar-refractivity contribution in [2.45, 2.75) is 44.0 Å². The van der Waals surface area contributed by atoms with Gasteiger partial charge >= 0.3 is 6.09 Å². The normalized spacial score (nSPS) is 16.4. The molecule has 1 fully saturated rings. The van der Waals surface area contributed by atoms with E-state index in [0.29, 0.717) is 48.7 Å². The molecule has 11 heteroatoms. The van der Waals surface area contributed by atoms with Crippen molar-refractivity contribution >= 4 is 38.4 Å². The Balaban J connectivity index is 1.49. The summed E-state index contributed by atoms with van der Waals surface area (Å²) in [5.41, 5.74) is 1.54. The number of thiophene rings is 1. The number of hydrogen-bond donors (Lipinski definition) is 1. The molecule has 0 spiro atoms. The van der Waals surface area contributed by atoms with Gasteiger partial charge in [-0.05, 0) is 56.0 Å². The SMILES string of the molecule is CCOC(=O)N1CCc2c(sc(NC(=O)c3ccc(S(=O)(=O)N4CCCCC4)cc3)c2C#N)C1. The van der Waals surface area contributed by atoms with Gasteiger partial charge in [-0.2, -0.15) is 9.57 Å². The molecule has 1 saturated heterocycles. The number of piperidine rings is 1. The average molecular weight is 503 g/mol. The molecule has 9 nitrogen and oxygen atoms in total. The van der Waals surface area contributed by atoms with E-state index >= 15 is 0 Å². The maximum atomic E-state index is 12.9. The monoisotopic (exact) mass is 502 g/mol. The van der Waals surface area contributed by atoms with Gasteiger partial charge in [-0.25, -0.2) is 13.2 Å². The predicted octanol–water partition coefficient (Wildman–Crippen LogP) is 3.56. The van der Waals surface area contributed by atoms with Crippen molar-refractivity contribution in [2.24, 2.45) is 0 Å². The van der Waals surface area contributed by atoms with Gasteiger partial charge < -0.3 is 15.0 Å². The second-order valence-electron chi connectivity index (χ2n) is 8.13. The summed E-state index contributed by atoms with van der Waals surface area (Å²) in [5.74, 6) is -0.431. The predicted molar refractivity (Wildman–Crippen MR) is 127 cm³/mol. The van der Waals surface area contributed by atoms with Crippen LogP contribution in [0.1, 0.15) is 52.5 Å². The molecular weight excluding hydrogens is 476 g/mol. The van der Waals surface area contributed by atoms with Crippen LogP contribution in [-0.2, 0) is 27.7 Å². The maximum Gasteiger partial charge on any atom is 0.410 e. The molecule has 3 heterocycles. The van der Waals surface area contributed by atoms with Gasteiger partial charge in [-0.3, -0.25) is 4.79 Å². The van der Waals surface area contributed by atoms with E-state index in [9.17, 15) is 23.3 Å². The summed E-state index contributed by atoms with van der Waals surface area (Å²) in [6.45, 7) is 3.82. The molecule has 180 valence electrons. The summed E-state index contributed by atoms with van der Waals surface area (Å²) in [5, 5.41) is 12.9. The number of nitrogens with one attached hydrogen (secondary N) is 1. The number of sulfonamides is 1. The van der Waals surface area contributed by atoms with E-state index in [1.807, 2.05) is 0 Å². The number of ether oxygens (including phenoxy) is 1. The molecule has 0 radical (unpaired) electrons. The van der Waals surface area contributed by atoms with Crippen LogP contribution in [0.15, 0.2) is 29.2 Å². The summed E-state index contributed by atoms with van der Waals surface area (Å²) < 4.78 is 32.2. The molecule has 2 aliphatic rings. The zero-order chi connectivity index (χ0) is 24.3. The van der Waals surface area contributed by atoms with E-state index in [-0.39, 0.29) is 11.5 Å². The molecule has 2 amide bonds. The third kappa shape index (κ3) is 4.80. The summed E-state index contributed by atoms with van der Waals surface area (Å²) >= 11 is 1.27. The Bertz CT molecular complexity index is 1230. The lowest BCUT2D eigenvalue weighted by atomic mass is 10.0. The Kier molecular flexibility index (Phi) is 7.21. The first kappa shape index (κ1) is 24.2. The van der Waals surface area contributed by atoms with E-state index in [4.69, 9.17) is 4.74 Å². The molecule has 2 aliphatic heterocycles. The van der Waals surface area contributed by atoms with Crippen LogP contribution in [0.3, 0.4) is 0 Å². The fourth-order valence-electron chi connectivity index (χ4n) is 4.19.